The molecule has 0 radical (unpaired) electrons. The van der Waals surface area contributed by atoms with Gasteiger partial charge in [-0.2, -0.15) is 0 Å². The molecule has 0 spiro atoms. The topological polar surface area (TPSA) is 92.5 Å². The molecule has 0 fully saturated rings. The molecule has 90 valence electrons. The summed E-state index contributed by atoms with van der Waals surface area (Å²) in [7, 11) is 0. The first kappa shape index (κ1) is 13.0. The minimum atomic E-state index is -1.36. The van der Waals surface area contributed by atoms with Gasteiger partial charge in [-0.3, -0.25) is 10.1 Å². The summed E-state index contributed by atoms with van der Waals surface area (Å²) in [6.45, 7) is 3.70. The molecule has 0 aromatic heterocycles. The highest BCUT2D eigenvalue weighted by molar-refractivity contribution is 6.29. The van der Waals surface area contributed by atoms with E-state index in [9.17, 15) is 14.9 Å². The van der Waals surface area contributed by atoms with Crippen molar-refractivity contribution in [1.29, 1.82) is 0 Å². The van der Waals surface area contributed by atoms with E-state index in [4.69, 9.17) is 16.7 Å². The number of nitrogens with zero attached hydrogens (tertiary/aromatic N) is 1. The van der Waals surface area contributed by atoms with Crippen LogP contribution in [0.5, 0.6) is 0 Å². The Morgan fingerprint density at radius 2 is 2.24 bits per heavy atom. The van der Waals surface area contributed by atoms with E-state index in [1.54, 1.807) is 0 Å². The lowest BCUT2D eigenvalue weighted by Gasteiger charge is -2.06. The molecule has 0 unspecified atom stereocenters. The first-order chi connectivity index (χ1) is 7.91. The molecule has 7 heteroatoms. The second kappa shape index (κ2) is 5.31. The summed E-state index contributed by atoms with van der Waals surface area (Å²) in [5.41, 5.74) is -0.400. The zero-order chi connectivity index (χ0) is 13.0. The van der Waals surface area contributed by atoms with Crippen molar-refractivity contribution in [3.05, 3.63) is 45.5 Å². The SMILES string of the molecule is C=C(Cl)CNc1ccc([N+](=O)[O-])c(C(=O)O)c1. The third kappa shape index (κ3) is 3.46. The highest BCUT2D eigenvalue weighted by atomic mass is 35.5. The van der Waals surface area contributed by atoms with Crippen molar-refractivity contribution >= 4 is 28.9 Å². The zero-order valence-electron chi connectivity index (χ0n) is 8.64. The second-order valence-electron chi connectivity index (χ2n) is 3.17. The molecule has 0 atom stereocenters. The molecule has 2 N–H and O–H groups in total. The molecular formula is C10H9ClN2O4. The first-order valence-electron chi connectivity index (χ1n) is 4.50. The predicted molar refractivity (Wildman–Crippen MR) is 63.5 cm³/mol. The molecule has 1 aromatic rings. The summed E-state index contributed by atoms with van der Waals surface area (Å²) in [6.07, 6.45) is 0. The Hall–Kier alpha value is -2.08. The summed E-state index contributed by atoms with van der Waals surface area (Å²) in [5, 5.41) is 22.6. The Balaban J connectivity index is 3.05. The zero-order valence-corrected chi connectivity index (χ0v) is 9.40. The molecule has 17 heavy (non-hydrogen) atoms. The molecule has 0 saturated heterocycles. The van der Waals surface area contributed by atoms with Gasteiger partial charge in [0.05, 0.1) is 11.5 Å². The largest absolute Gasteiger partial charge is 0.477 e. The maximum atomic E-state index is 10.8. The van der Waals surface area contributed by atoms with Gasteiger partial charge in [0.15, 0.2) is 0 Å². The summed E-state index contributed by atoms with van der Waals surface area (Å²) in [5.74, 6) is -1.36. The van der Waals surface area contributed by atoms with Crippen LogP contribution in [-0.2, 0) is 0 Å². The van der Waals surface area contributed by atoms with Crippen molar-refractivity contribution in [2.75, 3.05) is 11.9 Å². The van der Waals surface area contributed by atoms with Crippen LogP contribution >= 0.6 is 11.6 Å². The lowest BCUT2D eigenvalue weighted by atomic mass is 10.1. The Morgan fingerprint density at radius 1 is 1.59 bits per heavy atom. The van der Waals surface area contributed by atoms with Crippen LogP contribution < -0.4 is 5.32 Å². The van der Waals surface area contributed by atoms with E-state index in [0.29, 0.717) is 10.7 Å². The van der Waals surface area contributed by atoms with Crippen LogP contribution in [0.2, 0.25) is 0 Å². The number of rotatable bonds is 5. The van der Waals surface area contributed by atoms with Crippen LogP contribution in [0.1, 0.15) is 10.4 Å². The van der Waals surface area contributed by atoms with E-state index in [2.05, 4.69) is 11.9 Å². The van der Waals surface area contributed by atoms with Crippen LogP contribution in [0.15, 0.2) is 29.8 Å². The van der Waals surface area contributed by atoms with Gasteiger partial charge in [-0.1, -0.05) is 18.2 Å². The summed E-state index contributed by atoms with van der Waals surface area (Å²) in [4.78, 5) is 20.7. The van der Waals surface area contributed by atoms with Crippen LogP contribution in [0.25, 0.3) is 0 Å². The van der Waals surface area contributed by atoms with E-state index in [1.807, 2.05) is 0 Å². The van der Waals surface area contributed by atoms with E-state index in [1.165, 1.54) is 12.1 Å². The fraction of sp³-hybridized carbons (Fsp3) is 0.100. The van der Waals surface area contributed by atoms with Crippen LogP contribution in [-0.4, -0.2) is 22.5 Å². The van der Waals surface area contributed by atoms with Gasteiger partial charge in [-0.05, 0) is 12.1 Å². The average Bonchev–Trinajstić information content (AvgIpc) is 2.25. The molecule has 0 bridgehead atoms. The number of hydrogen-bond donors (Lipinski definition) is 2. The van der Waals surface area contributed by atoms with Crippen molar-refractivity contribution in [2.45, 2.75) is 0 Å². The van der Waals surface area contributed by atoms with Crippen molar-refractivity contribution < 1.29 is 14.8 Å². The van der Waals surface area contributed by atoms with E-state index >= 15 is 0 Å². The quantitative estimate of drug-likeness (QED) is 0.623. The third-order valence-electron chi connectivity index (χ3n) is 1.91. The summed E-state index contributed by atoms with van der Waals surface area (Å²) in [6, 6.07) is 3.72. The standard InChI is InChI=1S/C10H9ClN2O4/c1-6(11)5-12-7-2-3-9(13(16)17)8(4-7)10(14)15/h2-4,12H,1,5H2,(H,14,15). The smallest absolute Gasteiger partial charge is 0.342 e. The Bertz CT molecular complexity index is 487. The molecular weight excluding hydrogens is 248 g/mol. The molecule has 0 aliphatic heterocycles. The number of nitro benzene ring substituents is 1. The fourth-order valence-electron chi connectivity index (χ4n) is 1.17. The van der Waals surface area contributed by atoms with Crippen LogP contribution in [0.3, 0.4) is 0 Å². The van der Waals surface area contributed by atoms with Gasteiger partial charge in [0.1, 0.15) is 5.56 Å². The van der Waals surface area contributed by atoms with Gasteiger partial charge in [-0.15, -0.1) is 0 Å². The van der Waals surface area contributed by atoms with Gasteiger partial charge >= 0.3 is 5.97 Å². The van der Waals surface area contributed by atoms with Gasteiger partial charge in [0.25, 0.3) is 5.69 Å². The maximum Gasteiger partial charge on any atom is 0.342 e. The number of carboxylic acid groups (broad SMARTS) is 1. The number of halogens is 1. The van der Waals surface area contributed by atoms with Crippen molar-refractivity contribution in [3.8, 4) is 0 Å². The first-order valence-corrected chi connectivity index (χ1v) is 4.88. The van der Waals surface area contributed by atoms with Crippen LogP contribution in [0.4, 0.5) is 11.4 Å². The highest BCUT2D eigenvalue weighted by Crippen LogP contribution is 2.22. The molecule has 1 aromatic carbocycles. The monoisotopic (exact) mass is 256 g/mol. The second-order valence-corrected chi connectivity index (χ2v) is 3.70. The molecule has 0 heterocycles. The molecule has 1 rings (SSSR count). The van der Waals surface area contributed by atoms with Gasteiger partial charge in [0.2, 0.25) is 0 Å². The molecule has 0 aliphatic carbocycles. The normalized spacial score (nSPS) is 9.71. The molecule has 0 aliphatic rings. The number of nitrogens with one attached hydrogen (secondary N) is 1. The minimum Gasteiger partial charge on any atom is -0.477 e. The number of nitro groups is 1. The van der Waals surface area contributed by atoms with Gasteiger partial charge in [-0.25, -0.2) is 4.79 Å². The number of carbonyl (C=O) groups is 1. The number of aromatic carboxylic acids is 1. The van der Waals surface area contributed by atoms with Crippen molar-refractivity contribution in [3.63, 3.8) is 0 Å². The third-order valence-corrected chi connectivity index (χ3v) is 2.04. The number of carboxylic acids is 1. The molecule has 0 saturated carbocycles. The Morgan fingerprint density at radius 3 is 2.71 bits per heavy atom. The van der Waals surface area contributed by atoms with E-state index in [-0.39, 0.29) is 12.1 Å². The Kier molecular flexibility index (Phi) is 4.06. The lowest BCUT2D eigenvalue weighted by Crippen LogP contribution is -2.06. The van der Waals surface area contributed by atoms with E-state index < -0.39 is 16.6 Å². The minimum absolute atomic E-state index is 0.248. The van der Waals surface area contributed by atoms with E-state index in [0.717, 1.165) is 6.07 Å². The average molecular weight is 257 g/mol. The number of benzene rings is 1. The van der Waals surface area contributed by atoms with Crippen molar-refractivity contribution in [1.82, 2.24) is 0 Å². The lowest BCUT2D eigenvalue weighted by molar-refractivity contribution is -0.385. The molecule has 0 amide bonds. The fourth-order valence-corrected chi connectivity index (χ4v) is 1.24. The predicted octanol–water partition coefficient (Wildman–Crippen LogP) is 2.46. The number of hydrogen-bond acceptors (Lipinski definition) is 4. The summed E-state index contributed by atoms with van der Waals surface area (Å²) >= 11 is 5.53. The van der Waals surface area contributed by atoms with Gasteiger partial charge < -0.3 is 10.4 Å². The Labute approximate surface area is 102 Å². The number of anilines is 1. The molecule has 6 nitrogen and oxygen atoms in total. The maximum absolute atomic E-state index is 10.8. The van der Waals surface area contributed by atoms with Crippen LogP contribution in [0, 0.1) is 10.1 Å². The highest BCUT2D eigenvalue weighted by Gasteiger charge is 2.19. The van der Waals surface area contributed by atoms with Crippen molar-refractivity contribution in [2.24, 2.45) is 0 Å². The van der Waals surface area contributed by atoms with Gasteiger partial charge in [0, 0.05) is 16.8 Å². The summed E-state index contributed by atoms with van der Waals surface area (Å²) < 4.78 is 0.